The number of aliphatic carboxylic acids is 1. The number of carboxylic acid groups (broad SMARTS) is 1. The van der Waals surface area contributed by atoms with E-state index in [4.69, 9.17) is 9.84 Å². The summed E-state index contributed by atoms with van der Waals surface area (Å²) in [6.45, 7) is 13.5. The first-order valence-electron chi connectivity index (χ1n) is 8.37. The highest BCUT2D eigenvalue weighted by Crippen LogP contribution is 2.50. The van der Waals surface area contributed by atoms with Crippen LogP contribution in [0.25, 0.3) is 0 Å². The van der Waals surface area contributed by atoms with Crippen molar-refractivity contribution in [2.45, 2.75) is 32.5 Å². The molecular weight excluding hydrogens is 340 g/mol. The van der Waals surface area contributed by atoms with Crippen LogP contribution in [-0.4, -0.2) is 57.8 Å². The molecule has 1 aliphatic carbocycles. The zero-order valence-corrected chi connectivity index (χ0v) is 15.2. The smallest absolute Gasteiger partial charge is 0.331 e. The Bertz CT molecular complexity index is 597. The van der Waals surface area contributed by atoms with Crippen molar-refractivity contribution < 1.29 is 34.8 Å². The molecule has 0 aromatic heterocycles. The summed E-state index contributed by atoms with van der Waals surface area (Å²) < 4.78 is 5.43. The number of aliphatic hydroxyl groups is 3. The number of carbonyl (C=O) groups is 2. The lowest BCUT2D eigenvalue weighted by molar-refractivity contribution is -0.169. The van der Waals surface area contributed by atoms with Gasteiger partial charge in [-0.25, -0.2) is 4.79 Å². The zero-order chi connectivity index (χ0) is 20.2. The number of carbonyl (C=O) groups excluding carboxylic acids is 1. The molecule has 146 valence electrons. The lowest BCUT2D eigenvalue weighted by atomic mass is 9.58. The largest absolute Gasteiger partial charge is 0.478 e. The molecule has 1 rings (SSSR count). The van der Waals surface area contributed by atoms with Crippen LogP contribution in [0.2, 0.25) is 0 Å². The maximum absolute atomic E-state index is 12.1. The molecule has 0 bridgehead atoms. The van der Waals surface area contributed by atoms with Crippen molar-refractivity contribution in [1.29, 1.82) is 0 Å². The number of hydrogen-bond acceptors (Lipinski definition) is 6. The Morgan fingerprint density at radius 3 is 2.35 bits per heavy atom. The van der Waals surface area contributed by atoms with Gasteiger partial charge in [-0.05, 0) is 24.3 Å². The summed E-state index contributed by atoms with van der Waals surface area (Å²) in [5, 5.41) is 38.9. The van der Waals surface area contributed by atoms with Gasteiger partial charge < -0.3 is 25.2 Å². The summed E-state index contributed by atoms with van der Waals surface area (Å²) in [4.78, 5) is 23.6. The number of ether oxygens (including phenoxy) is 1. The molecule has 7 heteroatoms. The summed E-state index contributed by atoms with van der Waals surface area (Å²) in [7, 11) is 0. The van der Waals surface area contributed by atoms with Crippen LogP contribution >= 0.6 is 0 Å². The number of carboxylic acids is 1. The number of rotatable bonds is 8. The van der Waals surface area contributed by atoms with Gasteiger partial charge in [-0.3, -0.25) is 4.79 Å². The van der Waals surface area contributed by atoms with Crippen molar-refractivity contribution in [1.82, 2.24) is 0 Å². The Kier molecular flexibility index (Phi) is 7.32. The van der Waals surface area contributed by atoms with Crippen molar-refractivity contribution in [3.63, 3.8) is 0 Å². The second-order valence-electron chi connectivity index (χ2n) is 7.11. The van der Waals surface area contributed by atoms with Crippen molar-refractivity contribution in [3.8, 4) is 0 Å². The molecule has 0 saturated heterocycles. The molecular formula is C19H28O7. The van der Waals surface area contributed by atoms with Gasteiger partial charge in [-0.2, -0.15) is 0 Å². The Labute approximate surface area is 153 Å². The molecule has 6 atom stereocenters. The van der Waals surface area contributed by atoms with E-state index in [-0.39, 0.29) is 18.6 Å². The highest BCUT2D eigenvalue weighted by molar-refractivity contribution is 5.87. The van der Waals surface area contributed by atoms with Gasteiger partial charge in [0.15, 0.2) is 0 Å². The van der Waals surface area contributed by atoms with Crippen LogP contribution in [0.5, 0.6) is 0 Å². The van der Waals surface area contributed by atoms with E-state index in [2.05, 4.69) is 19.7 Å². The SMILES string of the molecule is C=C[C@]1(C)C[C@H](OC(=O)[C@H](C)CO)[C@@H](C(=C)C(=O)O)[C@@H](O)[C@H]1C(=C)CO. The van der Waals surface area contributed by atoms with E-state index in [1.54, 1.807) is 13.0 Å². The topological polar surface area (TPSA) is 124 Å². The van der Waals surface area contributed by atoms with E-state index in [1.165, 1.54) is 6.92 Å². The third-order valence-corrected chi connectivity index (χ3v) is 5.19. The van der Waals surface area contributed by atoms with Crippen LogP contribution in [0.1, 0.15) is 20.3 Å². The van der Waals surface area contributed by atoms with Crippen molar-refractivity contribution in [2.24, 2.45) is 23.2 Å². The maximum Gasteiger partial charge on any atom is 0.331 e. The minimum atomic E-state index is -1.32. The molecule has 0 heterocycles. The van der Waals surface area contributed by atoms with Crippen LogP contribution in [0.4, 0.5) is 0 Å². The highest BCUT2D eigenvalue weighted by Gasteiger charge is 2.53. The Morgan fingerprint density at radius 1 is 1.35 bits per heavy atom. The third kappa shape index (κ3) is 4.23. The predicted octanol–water partition coefficient (Wildman–Crippen LogP) is 0.905. The average Bonchev–Trinajstić information content (AvgIpc) is 2.59. The Hall–Kier alpha value is -1.96. The van der Waals surface area contributed by atoms with E-state index < -0.39 is 53.9 Å². The number of aliphatic hydroxyl groups excluding tert-OH is 3. The molecule has 0 radical (unpaired) electrons. The molecule has 0 amide bonds. The Balaban J connectivity index is 3.35. The predicted molar refractivity (Wildman–Crippen MR) is 95.0 cm³/mol. The standard InChI is InChI=1S/C19H28O7/c1-6-19(5)7-13(26-18(25)11(3)9-21)14(12(4)17(23)24)16(22)15(19)10(2)8-20/h6,11,13-16,20-22H,1-2,4,7-9H2,3,5H3,(H,23,24)/t11-,13+,14-,15-,16-,19-/m1/s1. The lowest BCUT2D eigenvalue weighted by Gasteiger charge is -2.50. The monoisotopic (exact) mass is 368 g/mol. The molecule has 0 unspecified atom stereocenters. The van der Waals surface area contributed by atoms with Crippen LogP contribution in [0, 0.1) is 23.2 Å². The minimum Gasteiger partial charge on any atom is -0.478 e. The van der Waals surface area contributed by atoms with Crippen LogP contribution in [0.3, 0.4) is 0 Å². The van der Waals surface area contributed by atoms with Gasteiger partial charge in [0.2, 0.25) is 0 Å². The summed E-state index contributed by atoms with van der Waals surface area (Å²) in [5.41, 5.74) is -0.757. The second-order valence-corrected chi connectivity index (χ2v) is 7.11. The molecule has 0 aliphatic heterocycles. The summed E-state index contributed by atoms with van der Waals surface area (Å²) >= 11 is 0. The van der Waals surface area contributed by atoms with Crippen molar-refractivity contribution in [3.05, 3.63) is 37.0 Å². The summed E-state index contributed by atoms with van der Waals surface area (Å²) in [6, 6.07) is 0. The normalized spacial score (nSPS) is 32.3. The van der Waals surface area contributed by atoms with Crippen molar-refractivity contribution >= 4 is 11.9 Å². The molecule has 0 spiro atoms. The molecule has 4 N–H and O–H groups in total. The van der Waals surface area contributed by atoms with Gasteiger partial charge >= 0.3 is 11.9 Å². The number of hydrogen-bond donors (Lipinski definition) is 4. The highest BCUT2D eigenvalue weighted by atomic mass is 16.5. The van der Waals surface area contributed by atoms with Gasteiger partial charge in [0.25, 0.3) is 0 Å². The van der Waals surface area contributed by atoms with E-state index in [9.17, 15) is 24.9 Å². The molecule has 0 aromatic rings. The first-order chi connectivity index (χ1) is 12.0. The number of esters is 1. The molecule has 7 nitrogen and oxygen atoms in total. The van der Waals surface area contributed by atoms with Crippen LogP contribution < -0.4 is 0 Å². The first-order valence-corrected chi connectivity index (χ1v) is 8.37. The van der Waals surface area contributed by atoms with Gasteiger partial charge in [0.1, 0.15) is 6.10 Å². The second kappa shape index (κ2) is 8.62. The quantitative estimate of drug-likeness (QED) is 0.285. The molecule has 1 saturated carbocycles. The first kappa shape index (κ1) is 22.1. The van der Waals surface area contributed by atoms with Gasteiger partial charge in [0, 0.05) is 11.5 Å². The van der Waals surface area contributed by atoms with Gasteiger partial charge in [0.05, 0.1) is 31.2 Å². The van der Waals surface area contributed by atoms with E-state index in [0.717, 1.165) is 0 Å². The lowest BCUT2D eigenvalue weighted by Crippen LogP contribution is -2.54. The molecule has 1 aliphatic rings. The van der Waals surface area contributed by atoms with Gasteiger partial charge in [-0.15, -0.1) is 6.58 Å². The zero-order valence-electron chi connectivity index (χ0n) is 15.2. The van der Waals surface area contributed by atoms with Crippen LogP contribution in [-0.2, 0) is 14.3 Å². The summed E-state index contributed by atoms with van der Waals surface area (Å²) in [6.07, 6.45) is -0.520. The average molecular weight is 368 g/mol. The van der Waals surface area contributed by atoms with E-state index in [0.29, 0.717) is 5.57 Å². The molecule has 1 fully saturated rings. The van der Waals surface area contributed by atoms with Gasteiger partial charge in [-0.1, -0.05) is 26.2 Å². The maximum atomic E-state index is 12.1. The third-order valence-electron chi connectivity index (χ3n) is 5.19. The Morgan fingerprint density at radius 2 is 1.92 bits per heavy atom. The van der Waals surface area contributed by atoms with E-state index in [1.807, 2.05) is 0 Å². The van der Waals surface area contributed by atoms with E-state index >= 15 is 0 Å². The fourth-order valence-electron chi connectivity index (χ4n) is 3.55. The molecule has 0 aromatic carbocycles. The van der Waals surface area contributed by atoms with Crippen molar-refractivity contribution in [2.75, 3.05) is 13.2 Å². The van der Waals surface area contributed by atoms with Crippen LogP contribution in [0.15, 0.2) is 37.0 Å². The minimum absolute atomic E-state index is 0.165. The molecule has 26 heavy (non-hydrogen) atoms. The number of allylic oxidation sites excluding steroid dienone is 1. The summed E-state index contributed by atoms with van der Waals surface area (Å²) in [5.74, 6) is -4.56. The fraction of sp³-hybridized carbons (Fsp3) is 0.579. The fourth-order valence-corrected chi connectivity index (χ4v) is 3.55.